The van der Waals surface area contributed by atoms with E-state index < -0.39 is 17.7 Å². The number of carbonyl (C=O) groups is 2. The molecule has 1 aliphatic rings. The molecule has 2 aromatic carbocycles. The molecule has 1 aliphatic heterocycles. The maximum Gasteiger partial charge on any atom is 0.301 e. The monoisotopic (exact) mass is 492 g/mol. The summed E-state index contributed by atoms with van der Waals surface area (Å²) in [6.45, 7) is 2.45. The van der Waals surface area contributed by atoms with E-state index in [1.54, 1.807) is 31.4 Å². The van der Waals surface area contributed by atoms with Gasteiger partial charge < -0.3 is 14.6 Å². The molecular weight excluding hydrogens is 472 g/mol. The Morgan fingerprint density at radius 3 is 2.56 bits per heavy atom. The molecule has 5 rings (SSSR count). The number of amides is 1. The summed E-state index contributed by atoms with van der Waals surface area (Å²) in [6.07, 6.45) is 0. The summed E-state index contributed by atoms with van der Waals surface area (Å²) in [5.41, 5.74) is 1.16. The summed E-state index contributed by atoms with van der Waals surface area (Å²) in [6, 6.07) is 15.1. The predicted octanol–water partition coefficient (Wildman–Crippen LogP) is 5.39. The van der Waals surface area contributed by atoms with Crippen molar-refractivity contribution in [3.8, 4) is 11.5 Å². The van der Waals surface area contributed by atoms with Crippen LogP contribution >= 0.6 is 22.7 Å². The zero-order valence-electron chi connectivity index (χ0n) is 18.3. The van der Waals surface area contributed by atoms with Gasteiger partial charge in [0.25, 0.3) is 5.78 Å². The third-order valence-corrected chi connectivity index (χ3v) is 7.43. The number of fused-ring (bicyclic) bond motifs is 1. The second kappa shape index (κ2) is 8.92. The number of methoxy groups -OCH3 is 1. The minimum atomic E-state index is -0.783. The molecule has 1 unspecified atom stereocenters. The fourth-order valence-electron chi connectivity index (χ4n) is 3.90. The van der Waals surface area contributed by atoms with Crippen LogP contribution in [0.2, 0.25) is 0 Å². The summed E-state index contributed by atoms with van der Waals surface area (Å²) in [4.78, 5) is 33.2. The predicted molar refractivity (Wildman–Crippen MR) is 133 cm³/mol. The highest BCUT2D eigenvalue weighted by molar-refractivity contribution is 7.22. The molecule has 1 N–H and O–H groups in total. The first-order valence-electron chi connectivity index (χ1n) is 10.5. The molecule has 7 nitrogen and oxygen atoms in total. The average Bonchev–Trinajstić information content (AvgIpc) is 3.57. The van der Waals surface area contributed by atoms with E-state index in [1.165, 1.54) is 27.6 Å². The van der Waals surface area contributed by atoms with Crippen molar-refractivity contribution in [1.29, 1.82) is 0 Å². The van der Waals surface area contributed by atoms with Gasteiger partial charge in [0, 0.05) is 10.4 Å². The van der Waals surface area contributed by atoms with Crippen molar-refractivity contribution >= 4 is 55.5 Å². The van der Waals surface area contributed by atoms with Crippen LogP contribution in [0.1, 0.15) is 23.4 Å². The number of ether oxygens (including phenoxy) is 2. The van der Waals surface area contributed by atoms with E-state index in [2.05, 4.69) is 4.98 Å². The Hall–Kier alpha value is -3.69. The molecular formula is C25H20N2O5S2. The van der Waals surface area contributed by atoms with Crippen molar-refractivity contribution in [3.05, 3.63) is 76.0 Å². The van der Waals surface area contributed by atoms with Gasteiger partial charge in [-0.25, -0.2) is 4.98 Å². The van der Waals surface area contributed by atoms with E-state index in [9.17, 15) is 14.7 Å². The fourth-order valence-corrected chi connectivity index (χ4v) is 5.75. The van der Waals surface area contributed by atoms with Gasteiger partial charge in [-0.1, -0.05) is 17.4 Å². The number of rotatable bonds is 6. The largest absolute Gasteiger partial charge is 0.507 e. The Balaban J connectivity index is 1.65. The highest BCUT2D eigenvalue weighted by Crippen LogP contribution is 2.45. The highest BCUT2D eigenvalue weighted by atomic mass is 32.1. The van der Waals surface area contributed by atoms with E-state index >= 15 is 0 Å². The Kier molecular flexibility index (Phi) is 5.80. The molecule has 0 saturated carbocycles. The van der Waals surface area contributed by atoms with Gasteiger partial charge in [0.05, 0.1) is 29.5 Å². The number of benzene rings is 2. The third kappa shape index (κ3) is 3.72. The number of carbonyl (C=O) groups excluding carboxylic acids is 2. The van der Waals surface area contributed by atoms with Crippen LogP contribution in [-0.2, 0) is 9.59 Å². The van der Waals surface area contributed by atoms with Gasteiger partial charge in [-0.2, -0.15) is 0 Å². The number of nitrogens with zero attached hydrogens (tertiary/aromatic N) is 2. The van der Waals surface area contributed by atoms with Gasteiger partial charge in [0.15, 0.2) is 5.13 Å². The van der Waals surface area contributed by atoms with Gasteiger partial charge >= 0.3 is 5.91 Å². The molecule has 2 aromatic heterocycles. The molecule has 0 bridgehead atoms. The van der Waals surface area contributed by atoms with E-state index in [-0.39, 0.29) is 11.3 Å². The van der Waals surface area contributed by atoms with Crippen molar-refractivity contribution in [1.82, 2.24) is 4.98 Å². The van der Waals surface area contributed by atoms with Gasteiger partial charge in [0.2, 0.25) is 0 Å². The third-order valence-electron chi connectivity index (χ3n) is 5.49. The average molecular weight is 493 g/mol. The smallest absolute Gasteiger partial charge is 0.301 e. The van der Waals surface area contributed by atoms with E-state index in [0.29, 0.717) is 34.3 Å². The van der Waals surface area contributed by atoms with Crippen LogP contribution in [0.25, 0.3) is 16.0 Å². The van der Waals surface area contributed by atoms with Gasteiger partial charge in [-0.05, 0) is 60.8 Å². The number of aromatic nitrogens is 1. The molecule has 1 amide bonds. The van der Waals surface area contributed by atoms with Crippen LogP contribution in [0.4, 0.5) is 5.13 Å². The van der Waals surface area contributed by atoms with Crippen molar-refractivity contribution < 1.29 is 24.2 Å². The SMILES string of the molecule is CCOc1ccc2nc(N3C(=O)C(=O)C(=C(O)c4ccc(OC)cc4)C3c3cccs3)sc2c1. The van der Waals surface area contributed by atoms with Crippen LogP contribution in [0.5, 0.6) is 11.5 Å². The Labute approximate surface area is 203 Å². The molecule has 1 saturated heterocycles. The number of aliphatic hydroxyl groups is 1. The summed E-state index contributed by atoms with van der Waals surface area (Å²) < 4.78 is 11.6. The summed E-state index contributed by atoms with van der Waals surface area (Å²) in [5.74, 6) is -0.380. The van der Waals surface area contributed by atoms with Crippen LogP contribution in [0, 0.1) is 0 Å². The lowest BCUT2D eigenvalue weighted by Gasteiger charge is -2.21. The summed E-state index contributed by atoms with van der Waals surface area (Å²) in [5, 5.41) is 13.4. The Morgan fingerprint density at radius 2 is 1.88 bits per heavy atom. The molecule has 0 aliphatic carbocycles. The zero-order valence-corrected chi connectivity index (χ0v) is 20.0. The number of aliphatic hydroxyl groups excluding tert-OH is 1. The standard InChI is InChI=1S/C25H20N2O5S2/c1-3-32-16-10-11-17-19(13-16)34-25(26-17)27-21(18-5-4-12-33-18)20(23(29)24(27)30)22(28)14-6-8-15(31-2)9-7-14/h4-13,21,28H,3H2,1-2H3. The second-order valence-corrected chi connectivity index (χ2v) is 9.46. The summed E-state index contributed by atoms with van der Waals surface area (Å²) >= 11 is 2.71. The number of thiazole rings is 1. The topological polar surface area (TPSA) is 89.0 Å². The zero-order chi connectivity index (χ0) is 23.8. The van der Waals surface area contributed by atoms with Crippen molar-refractivity contribution in [2.45, 2.75) is 13.0 Å². The molecule has 0 spiro atoms. The quantitative estimate of drug-likeness (QED) is 0.221. The Bertz CT molecular complexity index is 1410. The van der Waals surface area contributed by atoms with E-state index in [0.717, 1.165) is 9.58 Å². The van der Waals surface area contributed by atoms with Crippen molar-refractivity contribution in [2.24, 2.45) is 0 Å². The minimum Gasteiger partial charge on any atom is -0.507 e. The number of anilines is 1. The molecule has 1 atom stereocenters. The van der Waals surface area contributed by atoms with Crippen LogP contribution < -0.4 is 14.4 Å². The van der Waals surface area contributed by atoms with Gasteiger partial charge in [-0.3, -0.25) is 14.5 Å². The van der Waals surface area contributed by atoms with E-state index in [1.807, 2.05) is 42.6 Å². The van der Waals surface area contributed by atoms with E-state index in [4.69, 9.17) is 9.47 Å². The lowest BCUT2D eigenvalue weighted by Crippen LogP contribution is -2.28. The highest BCUT2D eigenvalue weighted by Gasteiger charge is 2.48. The molecule has 172 valence electrons. The second-order valence-electron chi connectivity index (χ2n) is 7.47. The maximum atomic E-state index is 13.3. The van der Waals surface area contributed by atoms with Crippen molar-refractivity contribution in [2.75, 3.05) is 18.6 Å². The molecule has 4 aromatic rings. The fraction of sp³-hybridized carbons (Fsp3) is 0.160. The van der Waals surface area contributed by atoms with Crippen LogP contribution in [-0.4, -0.2) is 35.5 Å². The lowest BCUT2D eigenvalue weighted by molar-refractivity contribution is -0.132. The number of hydrogen-bond acceptors (Lipinski definition) is 8. The molecule has 34 heavy (non-hydrogen) atoms. The molecule has 3 heterocycles. The van der Waals surface area contributed by atoms with Crippen LogP contribution in [0.15, 0.2) is 65.6 Å². The molecule has 9 heteroatoms. The number of hydrogen-bond donors (Lipinski definition) is 1. The Morgan fingerprint density at radius 1 is 1.12 bits per heavy atom. The van der Waals surface area contributed by atoms with Crippen molar-refractivity contribution in [3.63, 3.8) is 0 Å². The number of ketones is 1. The minimum absolute atomic E-state index is 0.0341. The van der Waals surface area contributed by atoms with Gasteiger partial charge in [-0.15, -0.1) is 11.3 Å². The van der Waals surface area contributed by atoms with Gasteiger partial charge in [0.1, 0.15) is 23.3 Å². The number of Topliss-reactive ketones (excluding diaryl/α,β-unsaturated/α-hetero) is 1. The molecule has 0 radical (unpaired) electrons. The number of thiophene rings is 1. The molecule has 1 fully saturated rings. The first-order chi connectivity index (χ1) is 16.5. The lowest BCUT2D eigenvalue weighted by atomic mass is 10.00. The normalized spacial score (nSPS) is 17.5. The van der Waals surface area contributed by atoms with Crippen LogP contribution in [0.3, 0.4) is 0 Å². The summed E-state index contributed by atoms with van der Waals surface area (Å²) in [7, 11) is 1.55. The first kappa shape index (κ1) is 22.1. The first-order valence-corrected chi connectivity index (χ1v) is 12.2. The maximum absolute atomic E-state index is 13.3.